The van der Waals surface area contributed by atoms with Gasteiger partial charge in [-0.1, -0.05) is 142 Å². The van der Waals surface area contributed by atoms with Crippen LogP contribution in [0.15, 0.2) is 133 Å². The lowest BCUT2D eigenvalue weighted by Crippen LogP contribution is -2.61. The van der Waals surface area contributed by atoms with Crippen molar-refractivity contribution in [3.05, 3.63) is 161 Å². The summed E-state index contributed by atoms with van der Waals surface area (Å²) in [4.78, 5) is 8.16. The molecule has 3 aliphatic carbocycles. The van der Waals surface area contributed by atoms with Gasteiger partial charge in [0, 0.05) is 65.4 Å². The number of nitrogens with zero attached hydrogens (tertiary/aromatic N) is 3. The van der Waals surface area contributed by atoms with Crippen LogP contribution in [0.2, 0.25) is 0 Å². The van der Waals surface area contributed by atoms with Gasteiger partial charge in [0.2, 0.25) is 0 Å². The van der Waals surface area contributed by atoms with Crippen LogP contribution in [-0.2, 0) is 27.1 Å². The van der Waals surface area contributed by atoms with E-state index >= 15 is 0 Å². The second-order valence-corrected chi connectivity index (χ2v) is 26.5. The van der Waals surface area contributed by atoms with Gasteiger partial charge in [0.1, 0.15) is 0 Å². The monoisotopic (exact) mass is 932 g/mol. The van der Waals surface area contributed by atoms with E-state index < -0.39 is 0 Å². The molecule has 1 saturated carbocycles. The van der Waals surface area contributed by atoms with E-state index in [1.54, 1.807) is 0 Å². The first-order valence-corrected chi connectivity index (χ1v) is 27.2. The Kier molecular flexibility index (Phi) is 8.61. The third kappa shape index (κ3) is 5.54. The lowest BCUT2D eigenvalue weighted by molar-refractivity contribution is 0.195. The molecular weight excluding hydrogens is 866 g/mol. The molecule has 2 atom stereocenters. The summed E-state index contributed by atoms with van der Waals surface area (Å²) >= 11 is 1.92. The molecule has 14 rings (SSSR count). The molecule has 1 aromatic heterocycles. The molecule has 6 aliphatic rings. The van der Waals surface area contributed by atoms with Crippen molar-refractivity contribution >= 4 is 100 Å². The van der Waals surface area contributed by atoms with E-state index in [-0.39, 0.29) is 39.3 Å². The lowest BCUT2D eigenvalue weighted by atomic mass is 9.33. The number of anilines is 8. The van der Waals surface area contributed by atoms with Gasteiger partial charge in [-0.3, -0.25) is 0 Å². The van der Waals surface area contributed by atoms with Gasteiger partial charge < -0.3 is 14.7 Å². The maximum atomic E-state index is 2.78. The van der Waals surface area contributed by atoms with Crippen LogP contribution >= 0.6 is 11.3 Å². The van der Waals surface area contributed by atoms with Gasteiger partial charge in [-0.15, -0.1) is 11.3 Å². The first kappa shape index (κ1) is 43.0. The van der Waals surface area contributed by atoms with Gasteiger partial charge in [-0.05, 0) is 172 Å². The molecule has 2 unspecified atom stereocenters. The maximum absolute atomic E-state index is 2.78. The molecular formula is C65H66BN3S. The molecule has 4 heterocycles. The smallest absolute Gasteiger partial charge is 0.252 e. The summed E-state index contributed by atoms with van der Waals surface area (Å²) in [6.45, 7) is 25.0. The Morgan fingerprint density at radius 2 is 1.04 bits per heavy atom. The first-order chi connectivity index (χ1) is 33.4. The van der Waals surface area contributed by atoms with Crippen LogP contribution in [0.4, 0.5) is 45.5 Å². The summed E-state index contributed by atoms with van der Waals surface area (Å²) in [5.41, 5.74) is 22.4. The topological polar surface area (TPSA) is 9.72 Å². The van der Waals surface area contributed by atoms with Crippen molar-refractivity contribution in [3.8, 4) is 0 Å². The molecule has 350 valence electrons. The SMILES string of the molecule is CC1(C)CCC(C)(C)c2cc(N3c4cc5c(cc4B4c6ccc(N7c8ccccc8C8(C)CCCCC78C)cc6N(c6cccc7sc8ccccc8c67)c6cccc3c64)C(C)(C)CC5(C)C)ccc21. The minimum Gasteiger partial charge on any atom is -0.334 e. The van der Waals surface area contributed by atoms with E-state index in [4.69, 9.17) is 0 Å². The molecule has 70 heavy (non-hydrogen) atoms. The standard InChI is InChI=1S/C65H66BN3S/c1-60(2)33-34-61(3,4)45-35-40(27-29-43(45)60)67-52-23-17-24-53-59(52)66(49-37-46-47(38-55(49)67)63(7,8)39-62(46,5)6)48-30-28-41(69-50-21-13-12-20-44(50)64(9)31-15-16-32-65(64,69)10)36-54(48)68(53)51-22-18-26-57-58(51)42-19-11-14-25-56(42)70-57/h11-14,17-30,35-38H,15-16,31-34,39H2,1-10H3. The molecule has 0 saturated heterocycles. The number of fused-ring (bicyclic) bond motifs is 12. The number of hydrogen-bond acceptors (Lipinski definition) is 4. The summed E-state index contributed by atoms with van der Waals surface area (Å²) < 4.78 is 2.66. The van der Waals surface area contributed by atoms with Gasteiger partial charge in [-0.25, -0.2) is 0 Å². The minimum atomic E-state index is -0.0488. The third-order valence-corrected chi connectivity index (χ3v) is 20.6. The van der Waals surface area contributed by atoms with Crippen LogP contribution < -0.4 is 31.1 Å². The van der Waals surface area contributed by atoms with Crippen molar-refractivity contribution in [2.24, 2.45) is 0 Å². The first-order valence-electron chi connectivity index (χ1n) is 26.4. The lowest BCUT2D eigenvalue weighted by Gasteiger charge is -2.50. The molecule has 7 aromatic carbocycles. The second kappa shape index (κ2) is 14.0. The molecule has 0 bridgehead atoms. The van der Waals surface area contributed by atoms with E-state index in [0.717, 1.165) is 6.42 Å². The Labute approximate surface area is 420 Å². The number of hydrogen-bond donors (Lipinski definition) is 0. The largest absolute Gasteiger partial charge is 0.334 e. The summed E-state index contributed by atoms with van der Waals surface area (Å²) in [6, 6.07) is 53.3. The number of para-hydroxylation sites is 1. The number of thiophene rings is 1. The zero-order chi connectivity index (χ0) is 48.1. The van der Waals surface area contributed by atoms with Crippen LogP contribution in [0, 0.1) is 0 Å². The highest BCUT2D eigenvalue weighted by Gasteiger charge is 2.58. The molecule has 0 N–H and O–H groups in total. The van der Waals surface area contributed by atoms with Crippen molar-refractivity contribution in [3.63, 3.8) is 0 Å². The van der Waals surface area contributed by atoms with E-state index in [1.807, 2.05) is 11.3 Å². The Hall–Kier alpha value is -5.78. The fourth-order valence-electron chi connectivity index (χ4n) is 15.8. The van der Waals surface area contributed by atoms with Crippen LogP contribution in [0.1, 0.15) is 142 Å². The van der Waals surface area contributed by atoms with Gasteiger partial charge in [0.15, 0.2) is 0 Å². The highest BCUT2D eigenvalue weighted by atomic mass is 32.1. The Morgan fingerprint density at radius 3 is 1.86 bits per heavy atom. The minimum absolute atomic E-state index is 0.0374. The fourth-order valence-corrected chi connectivity index (χ4v) is 16.9. The number of rotatable bonds is 3. The van der Waals surface area contributed by atoms with E-state index in [0.29, 0.717) is 0 Å². The Bertz CT molecular complexity index is 3570. The van der Waals surface area contributed by atoms with E-state index in [2.05, 4.69) is 217 Å². The Morgan fingerprint density at radius 1 is 0.429 bits per heavy atom. The molecule has 0 radical (unpaired) electrons. The summed E-state index contributed by atoms with van der Waals surface area (Å²) in [7, 11) is 0. The van der Waals surface area contributed by atoms with Crippen molar-refractivity contribution in [2.75, 3.05) is 14.7 Å². The average Bonchev–Trinajstić information content (AvgIpc) is 3.88. The molecule has 3 aliphatic heterocycles. The zero-order valence-electron chi connectivity index (χ0n) is 43.0. The van der Waals surface area contributed by atoms with Crippen molar-refractivity contribution in [1.82, 2.24) is 0 Å². The zero-order valence-corrected chi connectivity index (χ0v) is 43.8. The predicted octanol–water partition coefficient (Wildman–Crippen LogP) is 16.2. The third-order valence-electron chi connectivity index (χ3n) is 19.4. The van der Waals surface area contributed by atoms with Crippen LogP contribution in [0.25, 0.3) is 20.2 Å². The quantitative estimate of drug-likeness (QED) is 0.164. The fraction of sp³-hybridized carbons (Fsp3) is 0.354. The van der Waals surface area contributed by atoms with Gasteiger partial charge in [0.05, 0.1) is 11.2 Å². The van der Waals surface area contributed by atoms with Crippen molar-refractivity contribution < 1.29 is 0 Å². The molecule has 5 heteroatoms. The van der Waals surface area contributed by atoms with Crippen molar-refractivity contribution in [2.45, 2.75) is 147 Å². The highest BCUT2D eigenvalue weighted by Crippen LogP contribution is 2.62. The number of benzene rings is 7. The average molecular weight is 932 g/mol. The van der Waals surface area contributed by atoms with Crippen LogP contribution in [-0.4, -0.2) is 12.3 Å². The van der Waals surface area contributed by atoms with Gasteiger partial charge in [0.25, 0.3) is 6.71 Å². The summed E-state index contributed by atoms with van der Waals surface area (Å²) in [5, 5.41) is 2.66. The normalized spacial score (nSPS) is 23.6. The molecule has 0 amide bonds. The summed E-state index contributed by atoms with van der Waals surface area (Å²) in [5.74, 6) is 0. The summed E-state index contributed by atoms with van der Waals surface area (Å²) in [6.07, 6.45) is 8.44. The molecule has 3 nitrogen and oxygen atoms in total. The van der Waals surface area contributed by atoms with E-state index in [1.165, 1.54) is 148 Å². The van der Waals surface area contributed by atoms with Gasteiger partial charge in [-0.2, -0.15) is 0 Å². The predicted molar refractivity (Wildman–Crippen MR) is 302 cm³/mol. The van der Waals surface area contributed by atoms with Crippen molar-refractivity contribution in [1.29, 1.82) is 0 Å². The van der Waals surface area contributed by atoms with Gasteiger partial charge >= 0.3 is 0 Å². The van der Waals surface area contributed by atoms with Crippen LogP contribution in [0.3, 0.4) is 0 Å². The van der Waals surface area contributed by atoms with Crippen LogP contribution in [0.5, 0.6) is 0 Å². The Balaban J connectivity index is 1.08. The van der Waals surface area contributed by atoms with E-state index in [9.17, 15) is 0 Å². The molecule has 1 fully saturated rings. The maximum Gasteiger partial charge on any atom is 0.252 e. The molecule has 8 aromatic rings. The second-order valence-electron chi connectivity index (χ2n) is 25.4. The highest BCUT2D eigenvalue weighted by molar-refractivity contribution is 7.26. The molecule has 0 spiro atoms.